The molecule has 0 aromatic carbocycles. The van der Waals surface area contributed by atoms with E-state index in [0.717, 1.165) is 6.42 Å². The number of esters is 2. The second kappa shape index (κ2) is 7.44. The molecule has 0 amide bonds. The van der Waals surface area contributed by atoms with Gasteiger partial charge < -0.3 is 19.0 Å². The average molecular weight is 385 g/mol. The van der Waals surface area contributed by atoms with Crippen LogP contribution in [0.15, 0.2) is 12.2 Å². The smallest absolute Gasteiger partial charge is 0.330 e. The van der Waals surface area contributed by atoms with Gasteiger partial charge in [-0.1, -0.05) is 33.3 Å². The Hall–Kier alpha value is -1.18. The number of unbranched alkanes of at least 4 members (excludes halogenated alkanes) is 1. The minimum Gasteiger partial charge on any atom is -0.468 e. The highest BCUT2D eigenvalue weighted by Gasteiger charge is 2.65. The number of fused-ring (bicyclic) bond motifs is 2. The number of carbonyl (C=O) groups excluding carboxylic acids is 2. The minimum absolute atomic E-state index is 0.0652. The summed E-state index contributed by atoms with van der Waals surface area (Å²) in [5.41, 5.74) is -1.54. The van der Waals surface area contributed by atoms with Gasteiger partial charge in [0.2, 0.25) is 5.41 Å². The van der Waals surface area contributed by atoms with E-state index < -0.39 is 37.9 Å². The molecule has 0 spiro atoms. The summed E-state index contributed by atoms with van der Waals surface area (Å²) in [5.74, 6) is -1.34. The molecule has 0 unspecified atom stereocenters. The number of hydrogen-bond acceptors (Lipinski definition) is 6. The summed E-state index contributed by atoms with van der Waals surface area (Å²) in [6, 6.07) is 0. The van der Waals surface area contributed by atoms with Gasteiger partial charge in [0.05, 0.1) is 13.2 Å². The number of aliphatic hydroxyl groups excluding tert-OH is 1. The highest BCUT2D eigenvalue weighted by atomic mass is 28.4. The Morgan fingerprint density at radius 1 is 1.35 bits per heavy atom. The monoisotopic (exact) mass is 384 g/mol. The maximum absolute atomic E-state index is 12.7. The van der Waals surface area contributed by atoms with Crippen LogP contribution < -0.4 is 0 Å². The van der Waals surface area contributed by atoms with Crippen LogP contribution in [0.5, 0.6) is 0 Å². The quantitative estimate of drug-likeness (QED) is 0.239. The topological polar surface area (TPSA) is 82.1 Å². The number of carbonyl (C=O) groups is 2. The Kier molecular flexibility index (Phi) is 6.05. The Balaban J connectivity index is 2.45. The first kappa shape index (κ1) is 21.1. The van der Waals surface area contributed by atoms with Crippen molar-refractivity contribution in [2.45, 2.75) is 70.4 Å². The molecular weight excluding hydrogens is 352 g/mol. The molecule has 3 rings (SSSR count). The molecule has 2 heterocycles. The van der Waals surface area contributed by atoms with Gasteiger partial charge in [-0.3, -0.25) is 9.59 Å². The van der Waals surface area contributed by atoms with Crippen molar-refractivity contribution in [2.75, 3.05) is 13.7 Å². The molecule has 26 heavy (non-hydrogen) atoms. The summed E-state index contributed by atoms with van der Waals surface area (Å²) >= 11 is 0. The van der Waals surface area contributed by atoms with Crippen molar-refractivity contribution in [3.8, 4) is 0 Å². The number of aliphatic hydroxyl groups is 1. The summed E-state index contributed by atoms with van der Waals surface area (Å²) in [6.07, 6.45) is 4.55. The van der Waals surface area contributed by atoms with Gasteiger partial charge in [-0.15, -0.1) is 0 Å². The van der Waals surface area contributed by atoms with Crippen molar-refractivity contribution in [1.82, 2.24) is 0 Å². The van der Waals surface area contributed by atoms with Gasteiger partial charge in [0.1, 0.15) is 6.10 Å². The maximum atomic E-state index is 12.7. The molecule has 148 valence electrons. The van der Waals surface area contributed by atoms with Gasteiger partial charge in [0.25, 0.3) is 0 Å². The maximum Gasteiger partial charge on any atom is 0.330 e. The third kappa shape index (κ3) is 3.49. The lowest BCUT2D eigenvalue weighted by molar-refractivity contribution is -0.198. The van der Waals surface area contributed by atoms with Gasteiger partial charge >= 0.3 is 11.9 Å². The molecule has 0 saturated carbocycles. The average Bonchev–Trinajstić information content (AvgIpc) is 2.55. The van der Waals surface area contributed by atoms with Crippen molar-refractivity contribution in [3.05, 3.63) is 12.2 Å². The molecule has 0 aromatic rings. The molecule has 1 fully saturated rings. The molecule has 4 atom stereocenters. The van der Waals surface area contributed by atoms with Crippen LogP contribution in [0.3, 0.4) is 0 Å². The van der Waals surface area contributed by atoms with Crippen LogP contribution in [0.25, 0.3) is 0 Å². The van der Waals surface area contributed by atoms with Crippen molar-refractivity contribution in [3.63, 3.8) is 0 Å². The first-order valence-corrected chi connectivity index (χ1v) is 12.2. The van der Waals surface area contributed by atoms with Gasteiger partial charge in [0.15, 0.2) is 8.32 Å². The lowest BCUT2D eigenvalue weighted by Crippen LogP contribution is -2.65. The van der Waals surface area contributed by atoms with Crippen LogP contribution >= 0.6 is 0 Å². The Labute approximate surface area is 157 Å². The molecular formula is C19H32O6Si. The number of hydrogen-bond donors (Lipinski definition) is 1. The van der Waals surface area contributed by atoms with Gasteiger partial charge in [0, 0.05) is 12.5 Å². The van der Waals surface area contributed by atoms with Crippen LogP contribution in [0.2, 0.25) is 18.1 Å². The van der Waals surface area contributed by atoms with Crippen molar-refractivity contribution in [1.29, 1.82) is 0 Å². The number of ether oxygens (including phenoxy) is 2. The fraction of sp³-hybridized carbons (Fsp3) is 0.789. The summed E-state index contributed by atoms with van der Waals surface area (Å²) in [6.45, 7) is 10.7. The van der Waals surface area contributed by atoms with Gasteiger partial charge in [-0.05, 0) is 37.0 Å². The second-order valence-corrected chi connectivity index (χ2v) is 13.5. The third-order valence-corrected chi connectivity index (χ3v) is 10.5. The van der Waals surface area contributed by atoms with Crippen molar-refractivity contribution in [2.24, 2.45) is 11.3 Å². The Bertz CT molecular complexity index is 579. The zero-order valence-corrected chi connectivity index (χ0v) is 17.7. The SMILES string of the molecule is COC(=O)[C@@]12C=C[C@@H](OC1=O)[C@H](CCCCO)[C@@H]2O[Si](C)(C)C(C)(C)C. The van der Waals surface area contributed by atoms with Crippen LogP contribution in [-0.4, -0.2) is 51.3 Å². The van der Waals surface area contributed by atoms with E-state index in [1.807, 2.05) is 0 Å². The minimum atomic E-state index is -2.25. The zero-order valence-electron chi connectivity index (χ0n) is 16.7. The van der Waals surface area contributed by atoms with E-state index in [-0.39, 0.29) is 17.6 Å². The molecule has 6 nitrogen and oxygen atoms in total. The lowest BCUT2D eigenvalue weighted by atomic mass is 9.66. The molecule has 1 aliphatic carbocycles. The third-order valence-electron chi connectivity index (χ3n) is 6.09. The standard InChI is InChI=1S/C19H32O6Si/c1-18(2,3)26(5,6)25-15-13(9-7-8-12-20)14-10-11-19(15,16(21)23-4)17(22)24-14/h10-11,13-15,20H,7-9,12H2,1-6H3/t13-,14+,15-,19-/m0/s1. The Morgan fingerprint density at radius 3 is 2.50 bits per heavy atom. The van der Waals surface area contributed by atoms with Crippen LogP contribution in [0, 0.1) is 11.3 Å². The van der Waals surface area contributed by atoms with Crippen molar-refractivity contribution >= 4 is 20.3 Å². The van der Waals surface area contributed by atoms with E-state index in [0.29, 0.717) is 12.8 Å². The fourth-order valence-electron chi connectivity index (χ4n) is 3.44. The summed E-state index contributed by atoms with van der Waals surface area (Å²) in [4.78, 5) is 25.4. The number of methoxy groups -OCH3 is 1. The van der Waals surface area contributed by atoms with E-state index in [4.69, 9.17) is 19.0 Å². The summed E-state index contributed by atoms with van der Waals surface area (Å²) < 4.78 is 17.2. The lowest BCUT2D eigenvalue weighted by Gasteiger charge is -2.52. The zero-order chi connectivity index (χ0) is 19.8. The second-order valence-electron chi connectivity index (χ2n) is 8.77. The highest BCUT2D eigenvalue weighted by molar-refractivity contribution is 6.74. The molecule has 1 N–H and O–H groups in total. The van der Waals surface area contributed by atoms with E-state index >= 15 is 0 Å². The van der Waals surface area contributed by atoms with Crippen LogP contribution in [0.4, 0.5) is 0 Å². The Morgan fingerprint density at radius 2 is 2.00 bits per heavy atom. The van der Waals surface area contributed by atoms with Crippen LogP contribution in [0.1, 0.15) is 40.0 Å². The molecule has 2 aliphatic heterocycles. The summed E-state index contributed by atoms with van der Waals surface area (Å²) in [7, 11) is -0.972. The normalized spacial score (nSPS) is 31.0. The first-order chi connectivity index (χ1) is 12.0. The molecule has 3 aliphatic rings. The van der Waals surface area contributed by atoms with E-state index in [1.54, 1.807) is 12.2 Å². The molecule has 2 bridgehead atoms. The highest BCUT2D eigenvalue weighted by Crippen LogP contribution is 2.50. The van der Waals surface area contributed by atoms with Crippen molar-refractivity contribution < 1.29 is 28.6 Å². The predicted molar refractivity (Wildman–Crippen MR) is 100.0 cm³/mol. The first-order valence-electron chi connectivity index (χ1n) is 9.29. The largest absolute Gasteiger partial charge is 0.468 e. The fourth-order valence-corrected chi connectivity index (χ4v) is 4.79. The van der Waals surface area contributed by atoms with Gasteiger partial charge in [-0.25, -0.2) is 0 Å². The van der Waals surface area contributed by atoms with E-state index in [2.05, 4.69) is 33.9 Å². The van der Waals surface area contributed by atoms with E-state index in [1.165, 1.54) is 7.11 Å². The molecule has 0 aromatic heterocycles. The molecule has 1 saturated heterocycles. The molecule has 7 heteroatoms. The van der Waals surface area contributed by atoms with Gasteiger partial charge in [-0.2, -0.15) is 0 Å². The number of rotatable bonds is 7. The molecule has 0 radical (unpaired) electrons. The van der Waals surface area contributed by atoms with E-state index in [9.17, 15) is 9.59 Å². The predicted octanol–water partition coefficient (Wildman–Crippen LogP) is 2.81. The summed E-state index contributed by atoms with van der Waals surface area (Å²) in [5, 5.41) is 9.04. The van der Waals surface area contributed by atoms with Crippen LogP contribution in [-0.2, 0) is 23.5 Å².